The molecule has 3 nitrogen and oxygen atoms in total. The Morgan fingerprint density at radius 3 is 2.41 bits per heavy atom. The van der Waals surface area contributed by atoms with Crippen molar-refractivity contribution in [2.45, 2.75) is 64.9 Å². The molecule has 1 atom stereocenters. The molecule has 1 unspecified atom stereocenters. The molecule has 0 aromatic heterocycles. The largest absolute Gasteiger partial charge is 0.462 e. The summed E-state index contributed by atoms with van der Waals surface area (Å²) in [7, 11) is 0. The molecule has 0 heterocycles. The number of unbranched alkanes of at least 4 members (excludes halogenated alkanes) is 4. The SMILES string of the molecule is C=C(C)C(=O)OCCCCCCCC(O)CC. The highest BCUT2D eigenvalue weighted by molar-refractivity contribution is 5.86. The van der Waals surface area contributed by atoms with Crippen LogP contribution in [0.15, 0.2) is 12.2 Å². The van der Waals surface area contributed by atoms with E-state index in [0.717, 1.165) is 44.9 Å². The number of ether oxygens (including phenoxy) is 1. The van der Waals surface area contributed by atoms with E-state index < -0.39 is 0 Å². The zero-order chi connectivity index (χ0) is 13.1. The Kier molecular flexibility index (Phi) is 9.83. The second-order valence-corrected chi connectivity index (χ2v) is 4.53. The van der Waals surface area contributed by atoms with Crippen molar-refractivity contribution in [1.29, 1.82) is 0 Å². The Bertz CT molecular complexity index is 224. The van der Waals surface area contributed by atoms with Crippen molar-refractivity contribution in [3.8, 4) is 0 Å². The molecule has 0 amide bonds. The van der Waals surface area contributed by atoms with Crippen LogP contribution in [-0.2, 0) is 9.53 Å². The lowest BCUT2D eigenvalue weighted by Gasteiger charge is -2.07. The van der Waals surface area contributed by atoms with E-state index >= 15 is 0 Å². The van der Waals surface area contributed by atoms with Crippen molar-refractivity contribution in [2.75, 3.05) is 6.61 Å². The number of carbonyl (C=O) groups is 1. The molecule has 0 spiro atoms. The second kappa shape index (κ2) is 10.3. The standard InChI is InChI=1S/C14H26O3/c1-4-13(15)10-8-6-5-7-9-11-17-14(16)12(2)3/h13,15H,2,4-11H2,1,3H3. The van der Waals surface area contributed by atoms with Gasteiger partial charge in [-0.15, -0.1) is 0 Å². The first kappa shape index (κ1) is 16.2. The summed E-state index contributed by atoms with van der Waals surface area (Å²) in [5.41, 5.74) is 0.457. The van der Waals surface area contributed by atoms with Crippen LogP contribution in [0.1, 0.15) is 58.8 Å². The van der Waals surface area contributed by atoms with Crippen LogP contribution < -0.4 is 0 Å². The molecule has 100 valence electrons. The third-order valence-corrected chi connectivity index (χ3v) is 2.73. The van der Waals surface area contributed by atoms with Crippen LogP contribution in [0.5, 0.6) is 0 Å². The molecule has 0 aliphatic carbocycles. The monoisotopic (exact) mass is 242 g/mol. The summed E-state index contributed by atoms with van der Waals surface area (Å²) >= 11 is 0. The number of hydrogen-bond acceptors (Lipinski definition) is 3. The van der Waals surface area contributed by atoms with Crippen molar-refractivity contribution >= 4 is 5.97 Å². The highest BCUT2D eigenvalue weighted by Crippen LogP contribution is 2.09. The molecule has 0 aliphatic heterocycles. The van der Waals surface area contributed by atoms with E-state index in [4.69, 9.17) is 4.74 Å². The zero-order valence-corrected chi connectivity index (χ0v) is 11.2. The van der Waals surface area contributed by atoms with Gasteiger partial charge in [-0.3, -0.25) is 0 Å². The average molecular weight is 242 g/mol. The summed E-state index contributed by atoms with van der Waals surface area (Å²) in [4.78, 5) is 11.0. The molecule has 0 aromatic carbocycles. The summed E-state index contributed by atoms with van der Waals surface area (Å²) < 4.78 is 4.99. The maximum Gasteiger partial charge on any atom is 0.333 e. The molecule has 0 bridgehead atoms. The van der Waals surface area contributed by atoms with Crippen LogP contribution >= 0.6 is 0 Å². The first-order chi connectivity index (χ1) is 8.07. The number of aliphatic hydroxyl groups is 1. The predicted molar refractivity (Wildman–Crippen MR) is 69.8 cm³/mol. The summed E-state index contributed by atoms with van der Waals surface area (Å²) in [6, 6.07) is 0. The lowest BCUT2D eigenvalue weighted by atomic mass is 10.1. The van der Waals surface area contributed by atoms with Crippen LogP contribution in [0, 0.1) is 0 Å². The number of carbonyl (C=O) groups excluding carboxylic acids is 1. The van der Waals surface area contributed by atoms with E-state index in [1.807, 2.05) is 6.92 Å². The van der Waals surface area contributed by atoms with E-state index in [1.54, 1.807) is 6.92 Å². The van der Waals surface area contributed by atoms with Crippen LogP contribution in [0.2, 0.25) is 0 Å². The van der Waals surface area contributed by atoms with Gasteiger partial charge in [0.2, 0.25) is 0 Å². The maximum atomic E-state index is 11.0. The Balaban J connectivity index is 3.19. The van der Waals surface area contributed by atoms with Crippen molar-refractivity contribution < 1.29 is 14.6 Å². The maximum absolute atomic E-state index is 11.0. The Hall–Kier alpha value is -0.830. The Morgan fingerprint density at radius 2 is 1.82 bits per heavy atom. The van der Waals surface area contributed by atoms with Crippen molar-refractivity contribution in [2.24, 2.45) is 0 Å². The molecule has 3 heteroatoms. The number of hydrogen-bond donors (Lipinski definition) is 1. The van der Waals surface area contributed by atoms with Gasteiger partial charge in [-0.25, -0.2) is 4.79 Å². The van der Waals surface area contributed by atoms with E-state index in [2.05, 4.69) is 6.58 Å². The van der Waals surface area contributed by atoms with Gasteiger partial charge in [0.05, 0.1) is 12.7 Å². The highest BCUT2D eigenvalue weighted by atomic mass is 16.5. The van der Waals surface area contributed by atoms with Crippen molar-refractivity contribution in [3.63, 3.8) is 0 Å². The minimum Gasteiger partial charge on any atom is -0.462 e. The van der Waals surface area contributed by atoms with Gasteiger partial charge in [-0.05, 0) is 26.2 Å². The predicted octanol–water partition coefficient (Wildman–Crippen LogP) is 3.22. The molecule has 0 rings (SSSR count). The van der Waals surface area contributed by atoms with Gasteiger partial charge in [0, 0.05) is 5.57 Å². The number of esters is 1. The fraction of sp³-hybridized carbons (Fsp3) is 0.786. The third kappa shape index (κ3) is 10.1. The Morgan fingerprint density at radius 1 is 1.24 bits per heavy atom. The fourth-order valence-electron chi connectivity index (χ4n) is 1.50. The normalized spacial score (nSPS) is 12.2. The van der Waals surface area contributed by atoms with E-state index in [0.29, 0.717) is 12.2 Å². The fourth-order valence-corrected chi connectivity index (χ4v) is 1.50. The van der Waals surface area contributed by atoms with Crippen LogP contribution in [0.3, 0.4) is 0 Å². The van der Waals surface area contributed by atoms with Gasteiger partial charge in [-0.1, -0.05) is 39.2 Å². The van der Waals surface area contributed by atoms with Gasteiger partial charge < -0.3 is 9.84 Å². The molecule has 17 heavy (non-hydrogen) atoms. The lowest BCUT2D eigenvalue weighted by molar-refractivity contribution is -0.139. The van der Waals surface area contributed by atoms with E-state index in [9.17, 15) is 9.90 Å². The molecule has 0 radical (unpaired) electrons. The third-order valence-electron chi connectivity index (χ3n) is 2.73. The molecule has 1 N–H and O–H groups in total. The molecule has 0 saturated heterocycles. The van der Waals surface area contributed by atoms with Crippen LogP contribution in [0.4, 0.5) is 0 Å². The molecule has 0 aliphatic rings. The summed E-state index contributed by atoms with van der Waals surface area (Å²) in [6.07, 6.45) is 6.97. The molecular weight excluding hydrogens is 216 g/mol. The quantitative estimate of drug-likeness (QED) is 0.363. The average Bonchev–Trinajstić information content (AvgIpc) is 2.31. The first-order valence-electron chi connectivity index (χ1n) is 6.58. The highest BCUT2D eigenvalue weighted by Gasteiger charge is 2.02. The number of aliphatic hydroxyl groups excluding tert-OH is 1. The van der Waals surface area contributed by atoms with Gasteiger partial charge in [0.15, 0.2) is 0 Å². The minimum absolute atomic E-state index is 0.133. The summed E-state index contributed by atoms with van der Waals surface area (Å²) in [6.45, 7) is 7.66. The smallest absolute Gasteiger partial charge is 0.333 e. The second-order valence-electron chi connectivity index (χ2n) is 4.53. The Labute approximate surface area is 105 Å². The lowest BCUT2D eigenvalue weighted by Crippen LogP contribution is -2.06. The minimum atomic E-state index is -0.295. The van der Waals surface area contributed by atoms with E-state index in [-0.39, 0.29) is 12.1 Å². The van der Waals surface area contributed by atoms with E-state index in [1.165, 1.54) is 0 Å². The topological polar surface area (TPSA) is 46.5 Å². The van der Waals surface area contributed by atoms with Crippen LogP contribution in [-0.4, -0.2) is 23.8 Å². The summed E-state index contributed by atoms with van der Waals surface area (Å²) in [5, 5.41) is 9.35. The molecule has 0 saturated carbocycles. The first-order valence-corrected chi connectivity index (χ1v) is 6.58. The van der Waals surface area contributed by atoms with Crippen LogP contribution in [0.25, 0.3) is 0 Å². The van der Waals surface area contributed by atoms with Crippen molar-refractivity contribution in [3.05, 3.63) is 12.2 Å². The number of rotatable bonds is 10. The molecule has 0 aromatic rings. The van der Waals surface area contributed by atoms with Gasteiger partial charge in [0.25, 0.3) is 0 Å². The summed E-state index contributed by atoms with van der Waals surface area (Å²) in [5.74, 6) is -0.295. The zero-order valence-electron chi connectivity index (χ0n) is 11.2. The van der Waals surface area contributed by atoms with Gasteiger partial charge in [0.1, 0.15) is 0 Å². The van der Waals surface area contributed by atoms with Gasteiger partial charge in [-0.2, -0.15) is 0 Å². The molecule has 0 fully saturated rings. The van der Waals surface area contributed by atoms with Gasteiger partial charge >= 0.3 is 5.97 Å². The van der Waals surface area contributed by atoms with Crippen molar-refractivity contribution in [1.82, 2.24) is 0 Å². The molecular formula is C14H26O3.